The van der Waals surface area contributed by atoms with E-state index >= 15 is 0 Å². The second-order valence-electron chi connectivity index (χ2n) is 4.92. The van der Waals surface area contributed by atoms with Gasteiger partial charge in [-0.25, -0.2) is 0 Å². The SMILES string of the molecule is C=C[Si](CC(=O)O)(CC(=O)O)O[Si](C=C)(CC(=O)O)CC(=O)O. The number of rotatable bonds is 12. The van der Waals surface area contributed by atoms with Gasteiger partial charge in [0, 0.05) is 0 Å². The van der Waals surface area contributed by atoms with Gasteiger partial charge in [0.25, 0.3) is 0 Å². The lowest BCUT2D eigenvalue weighted by Gasteiger charge is -2.36. The summed E-state index contributed by atoms with van der Waals surface area (Å²) >= 11 is 0. The van der Waals surface area contributed by atoms with Gasteiger partial charge in [0.1, 0.15) is 0 Å². The summed E-state index contributed by atoms with van der Waals surface area (Å²) < 4.78 is 5.69. The number of hydrogen-bond acceptors (Lipinski definition) is 5. The van der Waals surface area contributed by atoms with Crippen LogP contribution in [0.5, 0.6) is 0 Å². The lowest BCUT2D eigenvalue weighted by Crippen LogP contribution is -2.53. The fourth-order valence-electron chi connectivity index (χ4n) is 2.07. The summed E-state index contributed by atoms with van der Waals surface area (Å²) in [4.78, 5) is 44.2. The fourth-order valence-corrected chi connectivity index (χ4v) is 10.0. The molecule has 23 heavy (non-hydrogen) atoms. The molecule has 0 rings (SSSR count). The highest BCUT2D eigenvalue weighted by Crippen LogP contribution is 2.29. The van der Waals surface area contributed by atoms with E-state index in [0.29, 0.717) is 0 Å². The van der Waals surface area contributed by atoms with Crippen molar-refractivity contribution in [2.45, 2.75) is 24.2 Å². The Bertz CT molecular complexity index is 451. The number of carboxylic acid groups (broad SMARTS) is 4. The summed E-state index contributed by atoms with van der Waals surface area (Å²) in [5.41, 5.74) is 2.17. The molecule has 0 saturated heterocycles. The third kappa shape index (κ3) is 7.03. The maximum atomic E-state index is 11.0. The lowest BCUT2D eigenvalue weighted by atomic mass is 10.8. The Hall–Kier alpha value is -2.25. The predicted molar refractivity (Wildman–Crippen MR) is 82.8 cm³/mol. The Morgan fingerprint density at radius 2 is 0.913 bits per heavy atom. The van der Waals surface area contributed by atoms with E-state index in [1.807, 2.05) is 0 Å². The molecule has 0 atom stereocenters. The highest BCUT2D eigenvalue weighted by Gasteiger charge is 2.47. The Balaban J connectivity index is 5.89. The Kier molecular flexibility index (Phi) is 7.58. The Labute approximate surface area is 133 Å². The second kappa shape index (κ2) is 8.40. The number of hydrogen-bond donors (Lipinski definition) is 4. The summed E-state index contributed by atoms with van der Waals surface area (Å²) in [5, 5.41) is 36.0. The molecule has 9 nitrogen and oxygen atoms in total. The van der Waals surface area contributed by atoms with Crippen LogP contribution in [0.25, 0.3) is 0 Å². The van der Waals surface area contributed by atoms with E-state index in [0.717, 1.165) is 11.4 Å². The standard InChI is InChI=1S/C12H18O9Si2/c1-3-22(5-9(13)14,6-10(15)16)21-23(4-2,7-11(17)18)8-12(19)20/h3-4H,1-2,5-8H2,(H,13,14)(H,15,16)(H,17,18)(H,19,20). The van der Waals surface area contributed by atoms with Crippen molar-refractivity contribution in [1.82, 2.24) is 0 Å². The third-order valence-electron chi connectivity index (χ3n) is 2.95. The number of aliphatic carboxylic acids is 4. The van der Waals surface area contributed by atoms with Crippen LogP contribution in [0.1, 0.15) is 0 Å². The van der Waals surface area contributed by atoms with Crippen LogP contribution >= 0.6 is 0 Å². The van der Waals surface area contributed by atoms with Crippen molar-refractivity contribution in [3.05, 3.63) is 24.6 Å². The highest BCUT2D eigenvalue weighted by atomic mass is 28.4. The first-order chi connectivity index (χ1) is 10.5. The summed E-state index contributed by atoms with van der Waals surface area (Å²) in [6, 6.07) is -2.65. The van der Waals surface area contributed by atoms with Gasteiger partial charge in [-0.1, -0.05) is 11.4 Å². The first kappa shape index (κ1) is 20.8. The molecular formula is C12H18O9Si2. The molecule has 11 heteroatoms. The van der Waals surface area contributed by atoms with E-state index in [2.05, 4.69) is 13.2 Å². The van der Waals surface area contributed by atoms with Crippen molar-refractivity contribution in [2.75, 3.05) is 0 Å². The van der Waals surface area contributed by atoms with E-state index < -0.39 is 64.7 Å². The molecule has 0 aromatic carbocycles. The fraction of sp³-hybridized carbons (Fsp3) is 0.333. The summed E-state index contributed by atoms with van der Waals surface area (Å²) in [7, 11) is -7.31. The zero-order valence-corrected chi connectivity index (χ0v) is 14.2. The van der Waals surface area contributed by atoms with Gasteiger partial charge in [0.2, 0.25) is 16.6 Å². The quantitative estimate of drug-likeness (QED) is 0.366. The van der Waals surface area contributed by atoms with Crippen molar-refractivity contribution >= 4 is 40.5 Å². The van der Waals surface area contributed by atoms with E-state index in [9.17, 15) is 19.2 Å². The smallest absolute Gasteiger partial charge is 0.303 e. The molecule has 0 fully saturated rings. The first-order valence-corrected chi connectivity index (χ1v) is 11.1. The van der Waals surface area contributed by atoms with Crippen molar-refractivity contribution in [3.63, 3.8) is 0 Å². The molecule has 0 aromatic rings. The monoisotopic (exact) mass is 362 g/mol. The summed E-state index contributed by atoms with van der Waals surface area (Å²) in [5.74, 6) is -5.35. The first-order valence-electron chi connectivity index (χ1n) is 6.34. The predicted octanol–water partition coefficient (Wildman–Crippen LogP) is 0.683. The zero-order valence-electron chi connectivity index (χ0n) is 12.2. The van der Waals surface area contributed by atoms with Gasteiger partial charge >= 0.3 is 23.9 Å². The molecule has 0 aliphatic rings. The average Bonchev–Trinajstić information content (AvgIpc) is 2.35. The van der Waals surface area contributed by atoms with Crippen LogP contribution in [0, 0.1) is 0 Å². The molecule has 0 bridgehead atoms. The minimum Gasteiger partial charge on any atom is -0.481 e. The van der Waals surface area contributed by atoms with Crippen molar-refractivity contribution in [3.8, 4) is 0 Å². The maximum absolute atomic E-state index is 11.0. The van der Waals surface area contributed by atoms with Crippen molar-refractivity contribution < 1.29 is 43.7 Å². The highest BCUT2D eigenvalue weighted by molar-refractivity contribution is 6.95. The minimum atomic E-state index is -3.66. The van der Waals surface area contributed by atoms with E-state index in [4.69, 9.17) is 24.5 Å². The lowest BCUT2D eigenvalue weighted by molar-refractivity contribution is -0.136. The van der Waals surface area contributed by atoms with E-state index in [-0.39, 0.29) is 0 Å². The van der Waals surface area contributed by atoms with Crippen LogP contribution in [-0.2, 0) is 23.3 Å². The van der Waals surface area contributed by atoms with Gasteiger partial charge in [0.05, 0.1) is 24.2 Å². The van der Waals surface area contributed by atoms with Crippen LogP contribution < -0.4 is 0 Å². The Morgan fingerprint density at radius 3 is 1.04 bits per heavy atom. The van der Waals surface area contributed by atoms with Crippen LogP contribution in [0.15, 0.2) is 24.6 Å². The summed E-state index contributed by atoms with van der Waals surface area (Å²) in [6.07, 6.45) is 0. The van der Waals surface area contributed by atoms with Gasteiger partial charge < -0.3 is 24.5 Å². The third-order valence-corrected chi connectivity index (χ3v) is 11.3. The average molecular weight is 362 g/mol. The van der Waals surface area contributed by atoms with Crippen LogP contribution in [0.2, 0.25) is 24.2 Å². The maximum Gasteiger partial charge on any atom is 0.303 e. The Morgan fingerprint density at radius 1 is 0.696 bits per heavy atom. The van der Waals surface area contributed by atoms with Crippen molar-refractivity contribution in [1.29, 1.82) is 0 Å². The molecule has 0 aromatic heterocycles. The molecule has 0 aliphatic heterocycles. The molecule has 0 saturated carbocycles. The zero-order chi connectivity index (χ0) is 18.3. The molecule has 128 valence electrons. The van der Waals surface area contributed by atoms with Gasteiger partial charge in [-0.2, -0.15) is 0 Å². The normalized spacial score (nSPS) is 11.5. The molecular weight excluding hydrogens is 344 g/mol. The minimum absolute atomic E-state index is 0.662. The van der Waals surface area contributed by atoms with Crippen molar-refractivity contribution in [2.24, 2.45) is 0 Å². The second-order valence-corrected chi connectivity index (χ2v) is 12.2. The van der Waals surface area contributed by atoms with Gasteiger partial charge in [-0.15, -0.1) is 13.2 Å². The van der Waals surface area contributed by atoms with Gasteiger partial charge in [0.15, 0.2) is 0 Å². The topological polar surface area (TPSA) is 158 Å². The number of carboxylic acids is 4. The van der Waals surface area contributed by atoms with E-state index in [1.165, 1.54) is 0 Å². The number of carbonyl (C=O) groups is 4. The largest absolute Gasteiger partial charge is 0.481 e. The van der Waals surface area contributed by atoms with E-state index in [1.54, 1.807) is 0 Å². The van der Waals surface area contributed by atoms with Gasteiger partial charge in [-0.3, -0.25) is 19.2 Å². The molecule has 4 N–H and O–H groups in total. The molecule has 0 radical (unpaired) electrons. The molecule has 0 unspecified atom stereocenters. The van der Waals surface area contributed by atoms with Crippen LogP contribution in [-0.4, -0.2) is 60.9 Å². The molecule has 0 aliphatic carbocycles. The summed E-state index contributed by atoms with van der Waals surface area (Å²) in [6.45, 7) is 6.84. The van der Waals surface area contributed by atoms with Crippen LogP contribution in [0.3, 0.4) is 0 Å². The molecule has 0 heterocycles. The molecule has 0 amide bonds. The van der Waals surface area contributed by atoms with Gasteiger partial charge in [-0.05, 0) is 0 Å². The molecule has 0 spiro atoms. The van der Waals surface area contributed by atoms with Crippen LogP contribution in [0.4, 0.5) is 0 Å².